The lowest BCUT2D eigenvalue weighted by Crippen LogP contribution is -2.02. The van der Waals surface area contributed by atoms with Gasteiger partial charge in [-0.05, 0) is 56.4 Å². The molecule has 0 atom stereocenters. The van der Waals surface area contributed by atoms with Crippen molar-refractivity contribution in [2.45, 2.75) is 40.0 Å². The highest BCUT2D eigenvalue weighted by atomic mass is 35.5. The molecule has 0 heterocycles. The van der Waals surface area contributed by atoms with Crippen molar-refractivity contribution in [2.75, 3.05) is 6.61 Å². The monoisotopic (exact) mass is 251 g/mol. The van der Waals surface area contributed by atoms with E-state index in [-0.39, 0.29) is 0 Å². The molecule has 0 aliphatic heterocycles. The third-order valence-electron chi connectivity index (χ3n) is 2.79. The Labute approximate surface area is 108 Å². The Morgan fingerprint density at radius 1 is 1.41 bits per heavy atom. The maximum absolute atomic E-state index is 8.59. The van der Waals surface area contributed by atoms with Crippen LogP contribution in [-0.4, -0.2) is 6.61 Å². The summed E-state index contributed by atoms with van der Waals surface area (Å²) in [6, 6.07) is 4.10. The lowest BCUT2D eigenvalue weighted by Gasteiger charge is -2.16. The van der Waals surface area contributed by atoms with Gasteiger partial charge in [-0.15, -0.1) is 0 Å². The molecule has 1 aromatic rings. The Hall–Kier alpha value is -1.20. The molecule has 92 valence electrons. The zero-order valence-electron chi connectivity index (χ0n) is 10.6. The van der Waals surface area contributed by atoms with Crippen LogP contribution in [0.1, 0.15) is 36.5 Å². The van der Waals surface area contributed by atoms with E-state index in [2.05, 4.69) is 6.07 Å². The van der Waals surface area contributed by atoms with Crippen molar-refractivity contribution in [3.05, 3.63) is 27.8 Å². The number of rotatable bonds is 5. The Bertz CT molecular complexity index is 435. The number of hydrogen-bond acceptors (Lipinski definition) is 2. The minimum Gasteiger partial charge on any atom is -0.493 e. The third kappa shape index (κ3) is 3.38. The van der Waals surface area contributed by atoms with Gasteiger partial charge in [-0.3, -0.25) is 0 Å². The molecule has 0 spiro atoms. The molecule has 0 aromatic heterocycles. The topological polar surface area (TPSA) is 33.0 Å². The maximum atomic E-state index is 8.59. The van der Waals surface area contributed by atoms with Gasteiger partial charge in [0.25, 0.3) is 0 Å². The second-order valence-corrected chi connectivity index (χ2v) is 4.46. The summed E-state index contributed by atoms with van der Waals surface area (Å²) in [6.45, 7) is 6.63. The van der Waals surface area contributed by atoms with Crippen molar-refractivity contribution in [1.29, 1.82) is 5.26 Å². The van der Waals surface area contributed by atoms with E-state index in [4.69, 9.17) is 21.6 Å². The minimum absolute atomic E-state index is 0.566. The smallest absolute Gasteiger partial charge is 0.125 e. The van der Waals surface area contributed by atoms with Crippen molar-refractivity contribution in [2.24, 2.45) is 0 Å². The van der Waals surface area contributed by atoms with Crippen LogP contribution in [0, 0.1) is 25.2 Å². The quantitative estimate of drug-likeness (QED) is 0.735. The Balaban J connectivity index is 3.09. The van der Waals surface area contributed by atoms with Gasteiger partial charge in [0.15, 0.2) is 0 Å². The van der Waals surface area contributed by atoms with Crippen molar-refractivity contribution >= 4 is 11.6 Å². The molecule has 0 unspecified atom stereocenters. The molecule has 0 fully saturated rings. The number of nitrogens with zero attached hydrogens (tertiary/aromatic N) is 1. The molecule has 2 nitrogen and oxygen atoms in total. The molecule has 0 aliphatic rings. The molecule has 3 heteroatoms. The fourth-order valence-corrected chi connectivity index (χ4v) is 2.18. The van der Waals surface area contributed by atoms with Crippen LogP contribution in [0.2, 0.25) is 5.02 Å². The number of aryl methyl sites for hydroxylation is 1. The van der Waals surface area contributed by atoms with Crippen molar-refractivity contribution in [3.8, 4) is 11.8 Å². The lowest BCUT2D eigenvalue weighted by molar-refractivity contribution is 0.333. The van der Waals surface area contributed by atoms with Crippen molar-refractivity contribution < 1.29 is 4.74 Å². The number of unbranched alkanes of at least 4 members (excludes halogenated alkanes) is 1. The Kier molecular flexibility index (Phi) is 5.31. The average Bonchev–Trinajstić information content (AvgIpc) is 2.30. The largest absolute Gasteiger partial charge is 0.493 e. The van der Waals surface area contributed by atoms with Crippen LogP contribution in [0.4, 0.5) is 0 Å². The molecular formula is C14H18ClNO. The van der Waals surface area contributed by atoms with Crippen LogP contribution in [0.15, 0.2) is 6.07 Å². The molecule has 0 radical (unpaired) electrons. The zero-order chi connectivity index (χ0) is 12.8. The van der Waals surface area contributed by atoms with Crippen molar-refractivity contribution in [1.82, 2.24) is 0 Å². The van der Waals surface area contributed by atoms with E-state index in [0.29, 0.717) is 13.0 Å². The second-order valence-electron chi connectivity index (χ2n) is 4.05. The van der Waals surface area contributed by atoms with Gasteiger partial charge < -0.3 is 4.74 Å². The van der Waals surface area contributed by atoms with E-state index in [1.807, 2.05) is 26.8 Å². The molecule has 17 heavy (non-hydrogen) atoms. The van der Waals surface area contributed by atoms with Crippen LogP contribution >= 0.6 is 11.6 Å². The first-order chi connectivity index (χ1) is 8.11. The van der Waals surface area contributed by atoms with E-state index in [0.717, 1.165) is 40.3 Å². The summed E-state index contributed by atoms with van der Waals surface area (Å²) in [5.41, 5.74) is 3.28. The first kappa shape index (κ1) is 13.9. The van der Waals surface area contributed by atoms with E-state index >= 15 is 0 Å². The van der Waals surface area contributed by atoms with Crippen LogP contribution in [0.25, 0.3) is 0 Å². The fraction of sp³-hybridized carbons (Fsp3) is 0.500. The fourth-order valence-electron chi connectivity index (χ4n) is 1.91. The Morgan fingerprint density at radius 3 is 2.71 bits per heavy atom. The summed E-state index contributed by atoms with van der Waals surface area (Å²) < 4.78 is 5.69. The first-order valence-electron chi connectivity index (χ1n) is 5.90. The molecule has 0 saturated heterocycles. The van der Waals surface area contributed by atoms with Gasteiger partial charge in [-0.25, -0.2) is 0 Å². The van der Waals surface area contributed by atoms with E-state index < -0.39 is 0 Å². The van der Waals surface area contributed by atoms with Gasteiger partial charge in [0.1, 0.15) is 5.75 Å². The van der Waals surface area contributed by atoms with Crippen LogP contribution in [-0.2, 0) is 6.42 Å². The summed E-state index contributed by atoms with van der Waals surface area (Å²) in [6.07, 6.45) is 2.25. The predicted octanol–water partition coefficient (Wildman–Crippen LogP) is 4.20. The number of hydrogen-bond donors (Lipinski definition) is 0. The van der Waals surface area contributed by atoms with Gasteiger partial charge in [-0.1, -0.05) is 11.6 Å². The highest BCUT2D eigenvalue weighted by Gasteiger charge is 2.13. The molecular weight excluding hydrogens is 234 g/mol. The number of ether oxygens (including phenoxy) is 1. The molecule has 0 amide bonds. The molecule has 0 saturated carbocycles. The summed E-state index contributed by atoms with van der Waals surface area (Å²) in [5.74, 6) is 0.937. The average molecular weight is 252 g/mol. The van der Waals surface area contributed by atoms with Crippen LogP contribution in [0.5, 0.6) is 5.75 Å². The molecule has 0 bridgehead atoms. The van der Waals surface area contributed by atoms with E-state index in [1.165, 1.54) is 0 Å². The standard InChI is InChI=1S/C14H18ClNO/c1-4-17-14-10(2)9-13(15)11(3)12(14)7-5-6-8-16/h9H,4-7H2,1-3H3. The van der Waals surface area contributed by atoms with Gasteiger partial charge in [0.2, 0.25) is 0 Å². The second kappa shape index (κ2) is 6.51. The third-order valence-corrected chi connectivity index (χ3v) is 3.18. The molecule has 0 aliphatic carbocycles. The molecule has 1 aromatic carbocycles. The van der Waals surface area contributed by atoms with E-state index in [1.54, 1.807) is 0 Å². The SMILES string of the molecule is CCOc1c(C)cc(Cl)c(C)c1CCCC#N. The highest BCUT2D eigenvalue weighted by molar-refractivity contribution is 6.31. The predicted molar refractivity (Wildman–Crippen MR) is 70.6 cm³/mol. The zero-order valence-corrected chi connectivity index (χ0v) is 11.4. The summed E-state index contributed by atoms with van der Waals surface area (Å²) in [4.78, 5) is 0. The number of nitriles is 1. The molecule has 1 rings (SSSR count). The number of benzene rings is 1. The van der Waals surface area contributed by atoms with Crippen molar-refractivity contribution in [3.63, 3.8) is 0 Å². The van der Waals surface area contributed by atoms with Gasteiger partial charge >= 0.3 is 0 Å². The maximum Gasteiger partial charge on any atom is 0.125 e. The highest BCUT2D eigenvalue weighted by Crippen LogP contribution is 2.33. The summed E-state index contributed by atoms with van der Waals surface area (Å²) in [7, 11) is 0. The van der Waals surface area contributed by atoms with Gasteiger partial charge in [0.05, 0.1) is 12.7 Å². The summed E-state index contributed by atoms with van der Waals surface area (Å²) in [5, 5.41) is 9.36. The lowest BCUT2D eigenvalue weighted by atomic mass is 9.99. The number of halogens is 1. The van der Waals surface area contributed by atoms with Crippen LogP contribution < -0.4 is 4.74 Å². The minimum atomic E-state index is 0.566. The van der Waals surface area contributed by atoms with Gasteiger partial charge in [-0.2, -0.15) is 5.26 Å². The van der Waals surface area contributed by atoms with E-state index in [9.17, 15) is 0 Å². The summed E-state index contributed by atoms with van der Waals surface area (Å²) >= 11 is 6.18. The Morgan fingerprint density at radius 2 is 2.12 bits per heavy atom. The first-order valence-corrected chi connectivity index (χ1v) is 6.27. The normalized spacial score (nSPS) is 10.1. The van der Waals surface area contributed by atoms with Crippen LogP contribution in [0.3, 0.4) is 0 Å². The van der Waals surface area contributed by atoms with Gasteiger partial charge in [0, 0.05) is 11.4 Å². The molecule has 0 N–H and O–H groups in total.